The number of benzene rings is 2. The van der Waals surface area contributed by atoms with Gasteiger partial charge in [-0.05, 0) is 22.8 Å². The van der Waals surface area contributed by atoms with Gasteiger partial charge in [-0.15, -0.1) is 0 Å². The number of halogens is 6. The van der Waals surface area contributed by atoms with Gasteiger partial charge in [0.25, 0.3) is 0 Å². The predicted octanol–water partition coefficient (Wildman–Crippen LogP) is 5.62. The van der Waals surface area contributed by atoms with E-state index >= 15 is 0 Å². The summed E-state index contributed by atoms with van der Waals surface area (Å²) < 4.78 is 86.2. The van der Waals surface area contributed by atoms with E-state index in [2.05, 4.69) is 20.2 Å². The summed E-state index contributed by atoms with van der Waals surface area (Å²) in [6.45, 7) is 0.637. The molecule has 5 aromatic rings. The van der Waals surface area contributed by atoms with Crippen LogP contribution in [0.3, 0.4) is 0 Å². The van der Waals surface area contributed by atoms with Crippen LogP contribution in [0.2, 0.25) is 0 Å². The first-order valence-electron chi connectivity index (χ1n) is 11.2. The van der Waals surface area contributed by atoms with Crippen molar-refractivity contribution >= 4 is 17.0 Å². The molecule has 0 amide bonds. The molecule has 0 aliphatic heterocycles. The van der Waals surface area contributed by atoms with E-state index in [9.17, 15) is 26.3 Å². The summed E-state index contributed by atoms with van der Waals surface area (Å²) >= 11 is 0. The van der Waals surface area contributed by atoms with Crippen LogP contribution in [0.5, 0.6) is 0 Å². The van der Waals surface area contributed by atoms with E-state index in [0.717, 1.165) is 11.6 Å². The zero-order chi connectivity index (χ0) is 27.1. The number of H-pyrrole nitrogens is 1. The lowest BCUT2D eigenvalue weighted by atomic mass is 10.0. The Bertz CT molecular complexity index is 1580. The second-order valence-electron chi connectivity index (χ2n) is 8.61. The molecule has 0 aliphatic carbocycles. The zero-order valence-electron chi connectivity index (χ0n) is 19.7. The van der Waals surface area contributed by atoms with Crippen molar-refractivity contribution in [1.29, 1.82) is 0 Å². The highest BCUT2D eigenvalue weighted by Crippen LogP contribution is 2.40. The largest absolute Gasteiger partial charge is 0.417 e. The average molecular weight is 533 g/mol. The lowest BCUT2D eigenvalue weighted by Gasteiger charge is -2.15. The molecule has 0 radical (unpaired) electrons. The lowest BCUT2D eigenvalue weighted by Crippen LogP contribution is -2.37. The number of hydrogen-bond donors (Lipinski definition) is 1. The van der Waals surface area contributed by atoms with Crippen molar-refractivity contribution in [3.05, 3.63) is 89.4 Å². The smallest absolute Gasteiger partial charge is 0.354 e. The molecule has 0 fully saturated rings. The maximum Gasteiger partial charge on any atom is 0.417 e. The third-order valence-corrected chi connectivity index (χ3v) is 5.78. The topological polar surface area (TPSA) is 74.7 Å². The van der Waals surface area contributed by atoms with Gasteiger partial charge in [-0.25, -0.2) is 4.98 Å². The molecular weight excluding hydrogens is 514 g/mol. The number of hydrogen-bond acceptors (Lipinski definition) is 5. The van der Waals surface area contributed by atoms with Gasteiger partial charge in [0.05, 0.1) is 11.1 Å². The minimum Gasteiger partial charge on any atom is -0.354 e. The van der Waals surface area contributed by atoms with Crippen LogP contribution in [0.25, 0.3) is 22.3 Å². The molecule has 3 heterocycles. The molecule has 0 spiro atoms. The number of nitrogens with zero attached hydrogens (tertiary/aromatic N) is 5. The second kappa shape index (κ2) is 9.47. The lowest BCUT2D eigenvalue weighted by molar-refractivity contribution is -0.746. The van der Waals surface area contributed by atoms with E-state index < -0.39 is 29.0 Å². The van der Waals surface area contributed by atoms with Gasteiger partial charge < -0.3 is 14.4 Å². The van der Waals surface area contributed by atoms with E-state index in [-0.39, 0.29) is 24.1 Å². The monoisotopic (exact) mass is 533 g/mol. The number of nitrogens with one attached hydrogen (secondary N) is 1. The fourth-order valence-corrected chi connectivity index (χ4v) is 3.95. The SMILES string of the molecule is CN(Cc1ccccc1)c1nc2cn[n+](Cc3cc(-c4ccc(C(F)(F)F)cc4C(F)(F)F)no3)cc2[nH]1. The summed E-state index contributed by atoms with van der Waals surface area (Å²) in [5.74, 6) is 0.776. The highest BCUT2D eigenvalue weighted by atomic mass is 19.4. The van der Waals surface area contributed by atoms with Crippen LogP contribution in [-0.2, 0) is 25.4 Å². The van der Waals surface area contributed by atoms with Gasteiger partial charge in [0.15, 0.2) is 0 Å². The molecule has 0 atom stereocenters. The molecule has 0 saturated carbocycles. The molecule has 196 valence electrons. The number of aromatic nitrogens is 5. The molecule has 3 aromatic heterocycles. The number of anilines is 1. The van der Waals surface area contributed by atoms with Crippen molar-refractivity contribution in [2.75, 3.05) is 11.9 Å². The van der Waals surface area contributed by atoms with Gasteiger partial charge in [-0.3, -0.25) is 0 Å². The van der Waals surface area contributed by atoms with E-state index in [0.29, 0.717) is 29.6 Å². The van der Waals surface area contributed by atoms with Crippen molar-refractivity contribution in [1.82, 2.24) is 20.2 Å². The first kappa shape index (κ1) is 25.2. The fourth-order valence-electron chi connectivity index (χ4n) is 3.95. The van der Waals surface area contributed by atoms with Crippen LogP contribution < -0.4 is 9.58 Å². The summed E-state index contributed by atoms with van der Waals surface area (Å²) in [5.41, 5.74) is -1.25. The van der Waals surface area contributed by atoms with Crippen molar-refractivity contribution in [3.8, 4) is 11.3 Å². The van der Waals surface area contributed by atoms with Crippen LogP contribution in [0.1, 0.15) is 22.5 Å². The normalized spacial score (nSPS) is 12.3. The van der Waals surface area contributed by atoms with Crippen molar-refractivity contribution in [3.63, 3.8) is 0 Å². The van der Waals surface area contributed by atoms with E-state index in [4.69, 9.17) is 4.52 Å². The maximum absolute atomic E-state index is 13.5. The predicted molar refractivity (Wildman–Crippen MR) is 124 cm³/mol. The number of imidazole rings is 1. The highest BCUT2D eigenvalue weighted by Gasteiger charge is 2.39. The van der Waals surface area contributed by atoms with Crippen LogP contribution in [0.4, 0.5) is 32.3 Å². The first-order valence-corrected chi connectivity index (χ1v) is 11.2. The molecule has 1 N–H and O–H groups in total. The van der Waals surface area contributed by atoms with Crippen LogP contribution >= 0.6 is 0 Å². The molecule has 0 unspecified atom stereocenters. The van der Waals surface area contributed by atoms with Crippen molar-refractivity contribution < 1.29 is 35.5 Å². The standard InChI is InChI=1S/C25H18F6N6O/c1-36(12-15-5-3-2-4-6-15)23-33-21-11-32-37(14-22(21)34-23)13-17-10-20(35-38-17)18-8-7-16(24(26,27)28)9-19(18)25(29,30)31/h2-11,14H,12-13H2,1H3/p+1. The number of alkyl halides is 6. The first-order chi connectivity index (χ1) is 18.0. The second-order valence-corrected chi connectivity index (χ2v) is 8.61. The van der Waals surface area contributed by atoms with E-state index in [1.807, 2.05) is 42.3 Å². The summed E-state index contributed by atoms with van der Waals surface area (Å²) in [6.07, 6.45) is -6.76. The zero-order valence-corrected chi connectivity index (χ0v) is 19.7. The molecule has 0 aliphatic rings. The Hall–Kier alpha value is -4.42. The van der Waals surface area contributed by atoms with Crippen LogP contribution in [-0.4, -0.2) is 27.3 Å². The third kappa shape index (κ3) is 5.31. The quantitative estimate of drug-likeness (QED) is 0.227. The Balaban J connectivity index is 1.37. The van der Waals surface area contributed by atoms with E-state index in [1.54, 1.807) is 6.20 Å². The molecule has 13 heteroatoms. The molecule has 38 heavy (non-hydrogen) atoms. The van der Waals surface area contributed by atoms with Gasteiger partial charge >= 0.3 is 12.4 Å². The van der Waals surface area contributed by atoms with E-state index in [1.165, 1.54) is 16.9 Å². The summed E-state index contributed by atoms with van der Waals surface area (Å²) in [5, 5.41) is 7.91. The Morgan fingerprint density at radius 1 is 0.974 bits per heavy atom. The Morgan fingerprint density at radius 3 is 2.45 bits per heavy atom. The average Bonchev–Trinajstić information content (AvgIpc) is 3.50. The molecular formula is C25H19F6N6O+. The molecule has 0 saturated heterocycles. The van der Waals surface area contributed by atoms with Gasteiger partial charge in [0.1, 0.15) is 22.9 Å². The van der Waals surface area contributed by atoms with Gasteiger partial charge in [-0.2, -0.15) is 26.3 Å². The molecule has 7 nitrogen and oxygen atoms in total. The molecule has 2 aromatic carbocycles. The number of fused-ring (bicyclic) bond motifs is 1. The summed E-state index contributed by atoms with van der Waals surface area (Å²) in [7, 11) is 1.89. The third-order valence-electron chi connectivity index (χ3n) is 5.78. The van der Waals surface area contributed by atoms with Gasteiger partial charge in [0.2, 0.25) is 24.5 Å². The Kier molecular flexibility index (Phi) is 6.29. The molecule has 0 bridgehead atoms. The Labute approximate surface area is 211 Å². The minimum absolute atomic E-state index is 0.0130. The van der Waals surface area contributed by atoms with Crippen LogP contribution in [0, 0.1) is 0 Å². The number of rotatable bonds is 6. The van der Waals surface area contributed by atoms with Crippen LogP contribution in [0.15, 0.2) is 71.5 Å². The molecule has 5 rings (SSSR count). The summed E-state index contributed by atoms with van der Waals surface area (Å²) in [4.78, 5) is 9.67. The van der Waals surface area contributed by atoms with Gasteiger partial charge in [0, 0.05) is 25.2 Å². The minimum atomic E-state index is -5.02. The van der Waals surface area contributed by atoms with Crippen molar-refractivity contribution in [2.24, 2.45) is 0 Å². The maximum atomic E-state index is 13.5. The fraction of sp³-hybridized carbons (Fsp3) is 0.200. The van der Waals surface area contributed by atoms with Crippen molar-refractivity contribution in [2.45, 2.75) is 25.4 Å². The van der Waals surface area contributed by atoms with Gasteiger partial charge in [-0.1, -0.05) is 46.2 Å². The Morgan fingerprint density at radius 2 is 1.74 bits per heavy atom. The summed E-state index contributed by atoms with van der Waals surface area (Å²) in [6, 6.07) is 12.5. The highest BCUT2D eigenvalue weighted by molar-refractivity contribution is 5.74. The number of aromatic amines is 1.